The van der Waals surface area contributed by atoms with Crippen molar-refractivity contribution in [2.45, 2.75) is 38.6 Å². The summed E-state index contributed by atoms with van der Waals surface area (Å²) in [6.07, 6.45) is 6.65. The Bertz CT molecular complexity index is 1240. The summed E-state index contributed by atoms with van der Waals surface area (Å²) in [5.41, 5.74) is 12.8. The van der Waals surface area contributed by atoms with Crippen molar-refractivity contribution < 1.29 is 18.3 Å². The van der Waals surface area contributed by atoms with E-state index in [0.717, 1.165) is 44.0 Å². The van der Waals surface area contributed by atoms with E-state index < -0.39 is 17.5 Å². The van der Waals surface area contributed by atoms with Crippen molar-refractivity contribution >= 4 is 23.0 Å². The summed E-state index contributed by atoms with van der Waals surface area (Å²) in [6.45, 7) is 3.73. The molecule has 3 aromatic rings. The lowest BCUT2D eigenvalue weighted by Crippen LogP contribution is -2.43. The van der Waals surface area contributed by atoms with Gasteiger partial charge in [-0.3, -0.25) is 9.78 Å². The fourth-order valence-corrected chi connectivity index (χ4v) is 4.17. The Morgan fingerprint density at radius 3 is 2.86 bits per heavy atom. The molecule has 0 saturated carbocycles. The maximum absolute atomic E-state index is 15.2. The van der Waals surface area contributed by atoms with Gasteiger partial charge in [-0.1, -0.05) is 13.3 Å². The van der Waals surface area contributed by atoms with Gasteiger partial charge in [-0.25, -0.2) is 13.8 Å². The Labute approximate surface area is 208 Å². The molecule has 1 aromatic carbocycles. The second-order valence-corrected chi connectivity index (χ2v) is 8.77. The number of benzene rings is 1. The molecule has 0 spiro atoms. The van der Waals surface area contributed by atoms with Crippen molar-refractivity contribution in [1.29, 1.82) is 0 Å². The summed E-state index contributed by atoms with van der Waals surface area (Å²) in [7, 11) is 0. The van der Waals surface area contributed by atoms with Crippen LogP contribution >= 0.6 is 0 Å². The summed E-state index contributed by atoms with van der Waals surface area (Å²) < 4.78 is 35.3. The zero-order chi connectivity index (χ0) is 25.7. The highest BCUT2D eigenvalue weighted by atomic mass is 19.1. The number of carbonyl (C=O) groups excluding carboxylic acids is 1. The first-order chi connectivity index (χ1) is 17.4. The van der Waals surface area contributed by atoms with Gasteiger partial charge in [0.05, 0.1) is 41.1 Å². The minimum absolute atomic E-state index is 0.0379. The SMILES string of the molecule is CCCCOc1ccc(F)c(-c2ccc(N)c(C(=O)Nc3cnccc3N3CCCC(N)C3)n2)c1F. The van der Waals surface area contributed by atoms with Gasteiger partial charge in [0, 0.05) is 25.3 Å². The predicted octanol–water partition coefficient (Wildman–Crippen LogP) is 4.36. The maximum atomic E-state index is 15.2. The van der Waals surface area contributed by atoms with Gasteiger partial charge in [-0.2, -0.15) is 0 Å². The van der Waals surface area contributed by atoms with E-state index in [0.29, 0.717) is 18.8 Å². The van der Waals surface area contributed by atoms with Gasteiger partial charge >= 0.3 is 0 Å². The molecule has 190 valence electrons. The first-order valence-electron chi connectivity index (χ1n) is 12.0. The average Bonchev–Trinajstić information content (AvgIpc) is 2.87. The molecule has 1 unspecified atom stereocenters. The number of unbranched alkanes of at least 4 members (excludes halogenated alkanes) is 1. The van der Waals surface area contributed by atoms with Crippen LogP contribution in [0.25, 0.3) is 11.3 Å². The molecule has 36 heavy (non-hydrogen) atoms. The molecule has 1 fully saturated rings. The lowest BCUT2D eigenvalue weighted by molar-refractivity contribution is 0.102. The predicted molar refractivity (Wildman–Crippen MR) is 136 cm³/mol. The standard InChI is InChI=1S/C26H30F2N6O2/c1-2-3-13-36-22-9-6-17(27)23(24(22)28)19-8-7-18(30)25(32-19)26(35)33-20-14-31-11-10-21(20)34-12-4-5-16(29)15-34/h6-11,14,16H,2-5,12-13,15,29-30H2,1H3,(H,33,35). The summed E-state index contributed by atoms with van der Waals surface area (Å²) in [5, 5.41) is 2.79. The number of nitrogen functional groups attached to an aromatic ring is 1. The molecule has 10 heteroatoms. The molecule has 2 aromatic heterocycles. The van der Waals surface area contributed by atoms with Crippen molar-refractivity contribution in [2.24, 2.45) is 5.73 Å². The number of nitrogens with two attached hydrogens (primary N) is 2. The van der Waals surface area contributed by atoms with E-state index in [1.54, 1.807) is 12.3 Å². The van der Waals surface area contributed by atoms with E-state index in [9.17, 15) is 9.18 Å². The highest BCUT2D eigenvalue weighted by Crippen LogP contribution is 2.33. The van der Waals surface area contributed by atoms with Gasteiger partial charge in [-0.15, -0.1) is 0 Å². The molecule has 1 amide bonds. The molecule has 3 heterocycles. The van der Waals surface area contributed by atoms with E-state index >= 15 is 4.39 Å². The van der Waals surface area contributed by atoms with Crippen LogP contribution in [0, 0.1) is 11.6 Å². The fraction of sp³-hybridized carbons (Fsp3) is 0.346. The van der Waals surface area contributed by atoms with Gasteiger partial charge in [0.25, 0.3) is 5.91 Å². The number of piperidine rings is 1. The molecule has 0 bridgehead atoms. The molecular weight excluding hydrogens is 466 g/mol. The number of ether oxygens (including phenoxy) is 1. The minimum Gasteiger partial charge on any atom is -0.490 e. The van der Waals surface area contributed by atoms with Gasteiger partial charge in [0.15, 0.2) is 17.3 Å². The Balaban J connectivity index is 1.63. The molecule has 4 rings (SSSR count). The molecule has 5 N–H and O–H groups in total. The lowest BCUT2D eigenvalue weighted by atomic mass is 10.1. The number of halogens is 2. The maximum Gasteiger partial charge on any atom is 0.276 e. The van der Waals surface area contributed by atoms with Crippen LogP contribution in [0.2, 0.25) is 0 Å². The number of aromatic nitrogens is 2. The normalized spacial score (nSPS) is 15.6. The first kappa shape index (κ1) is 25.3. The fourth-order valence-electron chi connectivity index (χ4n) is 4.17. The zero-order valence-electron chi connectivity index (χ0n) is 20.1. The zero-order valence-corrected chi connectivity index (χ0v) is 20.1. The van der Waals surface area contributed by atoms with Crippen LogP contribution in [0.15, 0.2) is 42.7 Å². The Kier molecular flexibility index (Phi) is 7.94. The molecule has 1 aliphatic rings. The monoisotopic (exact) mass is 496 g/mol. The second kappa shape index (κ2) is 11.3. The van der Waals surface area contributed by atoms with Crippen molar-refractivity contribution in [2.75, 3.05) is 35.6 Å². The van der Waals surface area contributed by atoms with Crippen LogP contribution < -0.4 is 26.4 Å². The summed E-state index contributed by atoms with van der Waals surface area (Å²) in [5.74, 6) is -2.41. The summed E-state index contributed by atoms with van der Waals surface area (Å²) in [6, 6.07) is 6.96. The van der Waals surface area contributed by atoms with Crippen LogP contribution in [0.5, 0.6) is 5.75 Å². The Morgan fingerprint density at radius 1 is 1.25 bits per heavy atom. The molecule has 1 aliphatic heterocycles. The first-order valence-corrected chi connectivity index (χ1v) is 12.0. The highest BCUT2D eigenvalue weighted by molar-refractivity contribution is 6.08. The van der Waals surface area contributed by atoms with Gasteiger partial charge in [-0.05, 0) is 49.6 Å². The molecule has 1 atom stereocenters. The topological polar surface area (TPSA) is 119 Å². The summed E-state index contributed by atoms with van der Waals surface area (Å²) >= 11 is 0. The van der Waals surface area contributed by atoms with E-state index in [2.05, 4.69) is 20.2 Å². The number of nitrogens with zero attached hydrogens (tertiary/aromatic N) is 3. The second-order valence-electron chi connectivity index (χ2n) is 8.77. The molecule has 8 nitrogen and oxygen atoms in total. The highest BCUT2D eigenvalue weighted by Gasteiger charge is 2.23. The average molecular weight is 497 g/mol. The number of hydrogen-bond donors (Lipinski definition) is 3. The number of rotatable bonds is 8. The van der Waals surface area contributed by atoms with E-state index in [1.165, 1.54) is 24.4 Å². The Morgan fingerprint density at radius 2 is 2.08 bits per heavy atom. The number of hydrogen-bond acceptors (Lipinski definition) is 7. The molecule has 0 aliphatic carbocycles. The molecule has 0 radical (unpaired) electrons. The van der Waals surface area contributed by atoms with Crippen molar-refractivity contribution in [3.05, 3.63) is 60.1 Å². The van der Waals surface area contributed by atoms with Gasteiger partial charge < -0.3 is 26.4 Å². The van der Waals surface area contributed by atoms with Crippen LogP contribution in [0.1, 0.15) is 43.1 Å². The van der Waals surface area contributed by atoms with Crippen molar-refractivity contribution in [3.63, 3.8) is 0 Å². The Hall–Kier alpha value is -3.79. The smallest absolute Gasteiger partial charge is 0.276 e. The number of nitrogens with one attached hydrogen (secondary N) is 1. The van der Waals surface area contributed by atoms with Crippen LogP contribution in [-0.2, 0) is 0 Å². The third kappa shape index (κ3) is 5.54. The number of pyridine rings is 2. The van der Waals surface area contributed by atoms with Crippen LogP contribution in [0.3, 0.4) is 0 Å². The number of anilines is 3. The van der Waals surface area contributed by atoms with Crippen molar-refractivity contribution in [1.82, 2.24) is 9.97 Å². The third-order valence-corrected chi connectivity index (χ3v) is 6.05. The molecule has 1 saturated heterocycles. The van der Waals surface area contributed by atoms with E-state index in [4.69, 9.17) is 16.2 Å². The van der Waals surface area contributed by atoms with Gasteiger partial charge in [0.1, 0.15) is 5.82 Å². The van der Waals surface area contributed by atoms with Gasteiger partial charge in [0.2, 0.25) is 0 Å². The minimum atomic E-state index is -0.884. The summed E-state index contributed by atoms with van der Waals surface area (Å²) in [4.78, 5) is 23.6. The third-order valence-electron chi connectivity index (χ3n) is 6.05. The van der Waals surface area contributed by atoms with Crippen LogP contribution in [-0.4, -0.2) is 41.6 Å². The van der Waals surface area contributed by atoms with Crippen molar-refractivity contribution in [3.8, 4) is 17.0 Å². The van der Waals surface area contributed by atoms with E-state index in [-0.39, 0.29) is 34.4 Å². The van der Waals surface area contributed by atoms with Crippen LogP contribution in [0.4, 0.5) is 25.8 Å². The quantitative estimate of drug-likeness (QED) is 0.396. The number of amides is 1. The molecular formula is C26H30F2N6O2. The largest absolute Gasteiger partial charge is 0.490 e. The number of carbonyl (C=O) groups is 1. The van der Waals surface area contributed by atoms with E-state index in [1.807, 2.05) is 6.92 Å². The lowest BCUT2D eigenvalue weighted by Gasteiger charge is -2.33.